The molecule has 2 aromatic rings. The number of aryl methyl sites for hydroxylation is 1. The van der Waals surface area contributed by atoms with E-state index in [0.717, 1.165) is 11.1 Å². The van der Waals surface area contributed by atoms with Gasteiger partial charge < -0.3 is 14.9 Å². The maximum absolute atomic E-state index is 12.6. The molecule has 0 unspecified atom stereocenters. The maximum Gasteiger partial charge on any atom is 0.223 e. The number of halogens is 1. The highest BCUT2D eigenvalue weighted by Gasteiger charge is 2.23. The molecule has 1 fully saturated rings. The van der Waals surface area contributed by atoms with Gasteiger partial charge in [0.05, 0.1) is 5.02 Å². The van der Waals surface area contributed by atoms with Crippen LogP contribution in [0.3, 0.4) is 0 Å². The molecule has 0 aliphatic carbocycles. The standard InChI is InChI=1S/C22H25ClN2O3/c1-2-21(27)24-10-12-25(13-11-24)22(28)9-8-17-14-18(19(23)15-20(17)26)16-6-4-3-5-7-16/h3-7,14-15,26H,2,8-13H2,1H3. The second-order valence-corrected chi connectivity index (χ2v) is 7.35. The van der Waals surface area contributed by atoms with E-state index in [1.807, 2.05) is 43.3 Å². The summed E-state index contributed by atoms with van der Waals surface area (Å²) in [7, 11) is 0. The number of benzene rings is 2. The fourth-order valence-corrected chi connectivity index (χ4v) is 3.74. The van der Waals surface area contributed by atoms with Crippen LogP contribution in [0, 0.1) is 0 Å². The molecule has 1 heterocycles. The van der Waals surface area contributed by atoms with Crippen LogP contribution in [0.15, 0.2) is 42.5 Å². The summed E-state index contributed by atoms with van der Waals surface area (Å²) >= 11 is 6.30. The zero-order valence-corrected chi connectivity index (χ0v) is 16.8. The van der Waals surface area contributed by atoms with Crippen molar-refractivity contribution in [3.63, 3.8) is 0 Å². The Balaban J connectivity index is 1.63. The Morgan fingerprint density at radius 2 is 1.61 bits per heavy atom. The van der Waals surface area contributed by atoms with Crippen molar-refractivity contribution in [2.45, 2.75) is 26.2 Å². The molecule has 1 aliphatic rings. The normalized spacial score (nSPS) is 14.2. The molecule has 1 aliphatic heterocycles. The number of carbonyl (C=O) groups is 2. The Morgan fingerprint density at radius 3 is 2.21 bits per heavy atom. The van der Waals surface area contributed by atoms with E-state index in [9.17, 15) is 14.7 Å². The van der Waals surface area contributed by atoms with Gasteiger partial charge in [-0.1, -0.05) is 48.9 Å². The third kappa shape index (κ3) is 4.65. The minimum atomic E-state index is 0.0409. The van der Waals surface area contributed by atoms with Gasteiger partial charge in [0.25, 0.3) is 0 Å². The number of hydrogen-bond donors (Lipinski definition) is 1. The Hall–Kier alpha value is -2.53. The fraction of sp³-hybridized carbons (Fsp3) is 0.364. The summed E-state index contributed by atoms with van der Waals surface area (Å²) in [5, 5.41) is 10.7. The van der Waals surface area contributed by atoms with Gasteiger partial charge in [0.2, 0.25) is 11.8 Å². The van der Waals surface area contributed by atoms with Crippen LogP contribution in [0.5, 0.6) is 5.75 Å². The van der Waals surface area contributed by atoms with Crippen LogP contribution in [-0.2, 0) is 16.0 Å². The Labute approximate surface area is 170 Å². The number of rotatable bonds is 5. The van der Waals surface area contributed by atoms with Crippen molar-refractivity contribution < 1.29 is 14.7 Å². The summed E-state index contributed by atoms with van der Waals surface area (Å²) in [5.41, 5.74) is 2.52. The minimum Gasteiger partial charge on any atom is -0.508 e. The van der Waals surface area contributed by atoms with Gasteiger partial charge in [-0.25, -0.2) is 0 Å². The molecule has 0 spiro atoms. The first-order valence-corrected chi connectivity index (χ1v) is 9.99. The lowest BCUT2D eigenvalue weighted by Crippen LogP contribution is -2.50. The molecule has 0 radical (unpaired) electrons. The number of hydrogen-bond acceptors (Lipinski definition) is 3. The molecule has 1 saturated heterocycles. The zero-order chi connectivity index (χ0) is 20.1. The van der Waals surface area contributed by atoms with Crippen molar-refractivity contribution in [1.82, 2.24) is 9.80 Å². The summed E-state index contributed by atoms with van der Waals surface area (Å²) in [4.78, 5) is 27.9. The summed E-state index contributed by atoms with van der Waals surface area (Å²) in [6, 6.07) is 13.1. The smallest absolute Gasteiger partial charge is 0.223 e. The molecule has 2 aromatic carbocycles. The van der Waals surface area contributed by atoms with Crippen LogP contribution in [0.4, 0.5) is 0 Å². The van der Waals surface area contributed by atoms with Crippen molar-refractivity contribution in [3.8, 4) is 16.9 Å². The number of phenols is 1. The van der Waals surface area contributed by atoms with Crippen molar-refractivity contribution in [3.05, 3.63) is 53.1 Å². The van der Waals surface area contributed by atoms with E-state index in [1.54, 1.807) is 15.9 Å². The molecule has 6 heteroatoms. The van der Waals surface area contributed by atoms with Gasteiger partial charge in [0, 0.05) is 44.6 Å². The highest BCUT2D eigenvalue weighted by atomic mass is 35.5. The number of amides is 2. The van der Waals surface area contributed by atoms with Crippen LogP contribution in [-0.4, -0.2) is 52.9 Å². The van der Waals surface area contributed by atoms with Gasteiger partial charge in [0.1, 0.15) is 5.75 Å². The highest BCUT2D eigenvalue weighted by Crippen LogP contribution is 2.34. The average Bonchev–Trinajstić information content (AvgIpc) is 2.73. The van der Waals surface area contributed by atoms with E-state index >= 15 is 0 Å². The molecular formula is C22H25ClN2O3. The molecule has 148 valence electrons. The van der Waals surface area contributed by atoms with Gasteiger partial charge in [0.15, 0.2) is 0 Å². The van der Waals surface area contributed by atoms with Crippen molar-refractivity contribution in [2.24, 2.45) is 0 Å². The highest BCUT2D eigenvalue weighted by molar-refractivity contribution is 6.33. The predicted octanol–water partition coefficient (Wildman–Crippen LogP) is 3.73. The second-order valence-electron chi connectivity index (χ2n) is 6.94. The van der Waals surface area contributed by atoms with Gasteiger partial charge in [-0.3, -0.25) is 9.59 Å². The first-order chi connectivity index (χ1) is 13.5. The second kappa shape index (κ2) is 9.11. The third-order valence-corrected chi connectivity index (χ3v) is 5.46. The van der Waals surface area contributed by atoms with E-state index in [4.69, 9.17) is 11.6 Å². The first-order valence-electron chi connectivity index (χ1n) is 9.62. The quantitative estimate of drug-likeness (QED) is 0.831. The molecule has 0 aromatic heterocycles. The van der Waals surface area contributed by atoms with E-state index in [2.05, 4.69) is 0 Å². The molecule has 0 atom stereocenters. The summed E-state index contributed by atoms with van der Waals surface area (Å²) in [6.07, 6.45) is 1.24. The molecule has 2 amide bonds. The van der Waals surface area contributed by atoms with Crippen LogP contribution in [0.2, 0.25) is 5.02 Å². The monoisotopic (exact) mass is 400 g/mol. The van der Waals surface area contributed by atoms with Crippen LogP contribution >= 0.6 is 11.6 Å². The average molecular weight is 401 g/mol. The SMILES string of the molecule is CCC(=O)N1CCN(C(=O)CCc2cc(-c3ccccc3)c(Cl)cc2O)CC1. The topological polar surface area (TPSA) is 60.9 Å². The Bertz CT molecular complexity index is 846. The zero-order valence-electron chi connectivity index (χ0n) is 16.0. The van der Waals surface area contributed by atoms with Crippen LogP contribution in [0.1, 0.15) is 25.3 Å². The summed E-state index contributed by atoms with van der Waals surface area (Å²) in [5.74, 6) is 0.279. The lowest BCUT2D eigenvalue weighted by molar-refractivity contribution is -0.139. The molecule has 0 saturated carbocycles. The lowest BCUT2D eigenvalue weighted by atomic mass is 9.99. The van der Waals surface area contributed by atoms with Crippen LogP contribution < -0.4 is 0 Å². The fourth-order valence-electron chi connectivity index (χ4n) is 3.48. The van der Waals surface area contributed by atoms with E-state index < -0.39 is 0 Å². The molecule has 3 rings (SSSR count). The van der Waals surface area contributed by atoms with Gasteiger partial charge in [-0.05, 0) is 29.7 Å². The molecule has 0 bridgehead atoms. The molecule has 5 nitrogen and oxygen atoms in total. The van der Waals surface area contributed by atoms with E-state index in [0.29, 0.717) is 56.0 Å². The Kier molecular flexibility index (Phi) is 6.57. The first kappa shape index (κ1) is 20.2. The predicted molar refractivity (Wildman–Crippen MR) is 110 cm³/mol. The number of carbonyl (C=O) groups excluding carboxylic acids is 2. The lowest BCUT2D eigenvalue weighted by Gasteiger charge is -2.34. The minimum absolute atomic E-state index is 0.0409. The Morgan fingerprint density at radius 1 is 1.00 bits per heavy atom. The van der Waals surface area contributed by atoms with Gasteiger partial charge in [-0.2, -0.15) is 0 Å². The number of nitrogens with zero attached hydrogens (tertiary/aromatic N) is 2. The maximum atomic E-state index is 12.6. The summed E-state index contributed by atoms with van der Waals surface area (Å²) in [6.45, 7) is 4.15. The van der Waals surface area contributed by atoms with E-state index in [-0.39, 0.29) is 17.6 Å². The molecule has 1 N–H and O–H groups in total. The number of piperazine rings is 1. The van der Waals surface area contributed by atoms with Crippen molar-refractivity contribution in [1.29, 1.82) is 0 Å². The molecule has 28 heavy (non-hydrogen) atoms. The molecular weight excluding hydrogens is 376 g/mol. The third-order valence-electron chi connectivity index (χ3n) is 5.15. The number of aromatic hydroxyl groups is 1. The number of phenolic OH excluding ortho intramolecular Hbond substituents is 1. The van der Waals surface area contributed by atoms with Crippen LogP contribution in [0.25, 0.3) is 11.1 Å². The van der Waals surface area contributed by atoms with Gasteiger partial charge >= 0.3 is 0 Å². The summed E-state index contributed by atoms with van der Waals surface area (Å²) < 4.78 is 0. The van der Waals surface area contributed by atoms with Crippen molar-refractivity contribution >= 4 is 23.4 Å². The van der Waals surface area contributed by atoms with Crippen molar-refractivity contribution in [2.75, 3.05) is 26.2 Å². The van der Waals surface area contributed by atoms with Gasteiger partial charge in [-0.15, -0.1) is 0 Å². The largest absolute Gasteiger partial charge is 0.508 e. The van der Waals surface area contributed by atoms with E-state index in [1.165, 1.54) is 0 Å².